The van der Waals surface area contributed by atoms with Gasteiger partial charge in [-0.2, -0.15) is 0 Å². The summed E-state index contributed by atoms with van der Waals surface area (Å²) >= 11 is 0. The Morgan fingerprint density at radius 1 is 1.50 bits per heavy atom. The summed E-state index contributed by atoms with van der Waals surface area (Å²) in [6.45, 7) is 1.68. The molecule has 3 heteroatoms. The van der Waals surface area contributed by atoms with Gasteiger partial charge >= 0.3 is 0 Å². The second-order valence-corrected chi connectivity index (χ2v) is 6.06. The Hall–Kier alpha value is 0.370. The van der Waals surface area contributed by atoms with Gasteiger partial charge in [0, 0.05) is 17.4 Å². The van der Waals surface area contributed by atoms with Crippen molar-refractivity contribution >= 4 is 27.4 Å². The molecular formula is C9H16OS2. The molecule has 1 fully saturated rings. The standard InChI is InChI=1S/C9H16OS2/c1-8(10)4-2-3-5-9-6-7-11-12-9/h9H,2-7H2,1H3. The quantitative estimate of drug-likeness (QED) is 0.505. The van der Waals surface area contributed by atoms with Gasteiger partial charge in [-0.15, -0.1) is 0 Å². The summed E-state index contributed by atoms with van der Waals surface area (Å²) in [5.41, 5.74) is 0. The summed E-state index contributed by atoms with van der Waals surface area (Å²) in [6, 6.07) is 0. The minimum Gasteiger partial charge on any atom is -0.300 e. The summed E-state index contributed by atoms with van der Waals surface area (Å²) in [5.74, 6) is 1.66. The Bertz CT molecular complexity index is 141. The molecule has 1 aliphatic rings. The molecule has 0 bridgehead atoms. The number of unbranched alkanes of at least 4 members (excludes halogenated alkanes) is 1. The third-order valence-electron chi connectivity index (χ3n) is 2.03. The zero-order valence-electron chi connectivity index (χ0n) is 7.54. The molecule has 1 nitrogen and oxygen atoms in total. The van der Waals surface area contributed by atoms with Crippen LogP contribution in [-0.4, -0.2) is 16.8 Å². The fourth-order valence-electron chi connectivity index (χ4n) is 1.31. The van der Waals surface area contributed by atoms with E-state index in [1.807, 2.05) is 21.6 Å². The molecule has 1 saturated heterocycles. The molecule has 0 radical (unpaired) electrons. The summed E-state index contributed by atoms with van der Waals surface area (Å²) in [6.07, 6.45) is 5.79. The Kier molecular flexibility index (Phi) is 5.16. The minimum atomic E-state index is 0.337. The lowest BCUT2D eigenvalue weighted by molar-refractivity contribution is -0.117. The number of carbonyl (C=O) groups is 1. The van der Waals surface area contributed by atoms with Crippen LogP contribution in [0, 0.1) is 0 Å². The maximum absolute atomic E-state index is 10.6. The van der Waals surface area contributed by atoms with Gasteiger partial charge in [-0.25, -0.2) is 0 Å². The van der Waals surface area contributed by atoms with E-state index < -0.39 is 0 Å². The van der Waals surface area contributed by atoms with Gasteiger partial charge in [-0.1, -0.05) is 28.0 Å². The van der Waals surface area contributed by atoms with Gasteiger partial charge in [0.15, 0.2) is 0 Å². The van der Waals surface area contributed by atoms with Crippen LogP contribution in [0.5, 0.6) is 0 Å². The van der Waals surface area contributed by atoms with Crippen molar-refractivity contribution in [3.05, 3.63) is 0 Å². The molecule has 0 N–H and O–H groups in total. The van der Waals surface area contributed by atoms with Crippen molar-refractivity contribution in [1.82, 2.24) is 0 Å². The SMILES string of the molecule is CC(=O)CCCCC1CCSS1. The molecule has 1 rings (SSSR count). The Morgan fingerprint density at radius 2 is 2.33 bits per heavy atom. The van der Waals surface area contributed by atoms with Crippen molar-refractivity contribution in [1.29, 1.82) is 0 Å². The van der Waals surface area contributed by atoms with E-state index in [0.717, 1.165) is 18.1 Å². The lowest BCUT2D eigenvalue weighted by atomic mass is 10.1. The molecule has 0 spiro atoms. The fourth-order valence-corrected chi connectivity index (χ4v) is 4.34. The van der Waals surface area contributed by atoms with E-state index in [9.17, 15) is 4.79 Å². The highest BCUT2D eigenvalue weighted by molar-refractivity contribution is 8.77. The highest BCUT2D eigenvalue weighted by Gasteiger charge is 2.15. The molecule has 0 saturated carbocycles. The van der Waals surface area contributed by atoms with Crippen LogP contribution in [0.25, 0.3) is 0 Å². The second-order valence-electron chi connectivity index (χ2n) is 3.28. The molecule has 0 aliphatic carbocycles. The number of hydrogen-bond donors (Lipinski definition) is 0. The van der Waals surface area contributed by atoms with Gasteiger partial charge in [0.2, 0.25) is 0 Å². The van der Waals surface area contributed by atoms with Crippen LogP contribution in [0.15, 0.2) is 0 Å². The summed E-state index contributed by atoms with van der Waals surface area (Å²) in [4.78, 5) is 10.6. The monoisotopic (exact) mass is 204 g/mol. The molecule has 1 aliphatic heterocycles. The highest BCUT2D eigenvalue weighted by Crippen LogP contribution is 2.39. The van der Waals surface area contributed by atoms with Crippen molar-refractivity contribution in [3.63, 3.8) is 0 Å². The minimum absolute atomic E-state index is 0.337. The number of hydrogen-bond acceptors (Lipinski definition) is 3. The van der Waals surface area contributed by atoms with Gasteiger partial charge in [0.1, 0.15) is 5.78 Å². The average molecular weight is 204 g/mol. The Balaban J connectivity index is 1.91. The summed E-state index contributed by atoms with van der Waals surface area (Å²) in [5, 5.41) is 0.877. The Labute approximate surface area is 82.5 Å². The molecule has 0 aromatic rings. The van der Waals surface area contributed by atoms with Crippen molar-refractivity contribution in [3.8, 4) is 0 Å². The molecule has 0 amide bonds. The van der Waals surface area contributed by atoms with Crippen LogP contribution in [-0.2, 0) is 4.79 Å². The topological polar surface area (TPSA) is 17.1 Å². The predicted octanol–water partition coefficient (Wildman–Crippen LogP) is 3.29. The normalized spacial score (nSPS) is 22.9. The van der Waals surface area contributed by atoms with Crippen LogP contribution in [0.4, 0.5) is 0 Å². The molecule has 1 atom stereocenters. The van der Waals surface area contributed by atoms with E-state index in [-0.39, 0.29) is 0 Å². The first-order valence-corrected chi connectivity index (χ1v) is 6.95. The van der Waals surface area contributed by atoms with Gasteiger partial charge in [0.25, 0.3) is 0 Å². The number of Topliss-reactive ketones (excluding diaryl/α,β-unsaturated/α-hetero) is 1. The molecule has 0 aromatic heterocycles. The third-order valence-corrected chi connectivity index (χ3v) is 5.04. The molecular weight excluding hydrogens is 188 g/mol. The molecule has 0 aromatic carbocycles. The van der Waals surface area contributed by atoms with E-state index in [1.54, 1.807) is 6.92 Å². The first-order valence-electron chi connectivity index (χ1n) is 4.57. The van der Waals surface area contributed by atoms with Crippen molar-refractivity contribution < 1.29 is 4.79 Å². The number of ketones is 1. The largest absolute Gasteiger partial charge is 0.300 e. The Morgan fingerprint density at radius 3 is 2.92 bits per heavy atom. The first-order chi connectivity index (χ1) is 5.79. The zero-order valence-corrected chi connectivity index (χ0v) is 9.18. The fraction of sp³-hybridized carbons (Fsp3) is 0.889. The molecule has 12 heavy (non-hydrogen) atoms. The van der Waals surface area contributed by atoms with Crippen LogP contribution < -0.4 is 0 Å². The van der Waals surface area contributed by atoms with E-state index in [2.05, 4.69) is 0 Å². The molecule has 70 valence electrons. The van der Waals surface area contributed by atoms with Crippen molar-refractivity contribution in [2.24, 2.45) is 0 Å². The summed E-state index contributed by atoms with van der Waals surface area (Å²) < 4.78 is 0. The van der Waals surface area contributed by atoms with Crippen LogP contribution in [0.2, 0.25) is 0 Å². The third kappa shape index (κ3) is 4.41. The molecule has 1 unspecified atom stereocenters. The number of rotatable bonds is 5. The molecule has 1 heterocycles. The maximum atomic E-state index is 10.6. The van der Waals surface area contributed by atoms with Gasteiger partial charge in [-0.05, 0) is 26.2 Å². The van der Waals surface area contributed by atoms with Crippen molar-refractivity contribution in [2.45, 2.75) is 44.3 Å². The van der Waals surface area contributed by atoms with Crippen LogP contribution in [0.1, 0.15) is 39.0 Å². The van der Waals surface area contributed by atoms with E-state index in [4.69, 9.17) is 0 Å². The zero-order chi connectivity index (χ0) is 8.81. The number of carbonyl (C=O) groups excluding carboxylic acids is 1. The van der Waals surface area contributed by atoms with Gasteiger partial charge < -0.3 is 4.79 Å². The van der Waals surface area contributed by atoms with E-state index in [0.29, 0.717) is 5.78 Å². The van der Waals surface area contributed by atoms with Crippen LogP contribution in [0.3, 0.4) is 0 Å². The first kappa shape index (κ1) is 10.5. The lowest BCUT2D eigenvalue weighted by Crippen LogP contribution is -1.98. The lowest BCUT2D eigenvalue weighted by Gasteiger charge is -2.05. The second kappa shape index (κ2) is 5.92. The van der Waals surface area contributed by atoms with Crippen LogP contribution >= 0.6 is 21.6 Å². The van der Waals surface area contributed by atoms with Crippen molar-refractivity contribution in [2.75, 3.05) is 5.75 Å². The highest BCUT2D eigenvalue weighted by atomic mass is 33.1. The van der Waals surface area contributed by atoms with Gasteiger partial charge in [-0.3, -0.25) is 0 Å². The summed E-state index contributed by atoms with van der Waals surface area (Å²) in [7, 11) is 4.03. The van der Waals surface area contributed by atoms with Gasteiger partial charge in [0.05, 0.1) is 0 Å². The predicted molar refractivity (Wildman–Crippen MR) is 57.6 cm³/mol. The van der Waals surface area contributed by atoms with E-state index >= 15 is 0 Å². The smallest absolute Gasteiger partial charge is 0.129 e. The average Bonchev–Trinajstić information content (AvgIpc) is 2.49. The van der Waals surface area contributed by atoms with E-state index in [1.165, 1.54) is 25.0 Å². The maximum Gasteiger partial charge on any atom is 0.129 e.